The van der Waals surface area contributed by atoms with Crippen LogP contribution in [-0.2, 0) is 14.8 Å². The number of rotatable bonds is 12. The molecule has 0 fully saturated rings. The van der Waals surface area contributed by atoms with Gasteiger partial charge in [-0.25, -0.2) is 13.1 Å². The predicted octanol–water partition coefficient (Wildman–Crippen LogP) is 2.30. The molecule has 0 aromatic carbocycles. The first kappa shape index (κ1) is 16.9. The molecule has 0 aliphatic carbocycles. The molecule has 0 aliphatic heterocycles. The van der Waals surface area contributed by atoms with Gasteiger partial charge >= 0.3 is 0 Å². The lowest BCUT2D eigenvalue weighted by Gasteiger charge is -2.04. The molecule has 0 aromatic rings. The Morgan fingerprint density at radius 3 is 2.18 bits per heavy atom. The molecule has 0 amide bonds. The number of hydrogen-bond acceptors (Lipinski definition) is 3. The molecule has 17 heavy (non-hydrogen) atoms. The Morgan fingerprint density at radius 1 is 0.941 bits per heavy atom. The fourth-order valence-corrected chi connectivity index (χ4v) is 2.03. The van der Waals surface area contributed by atoms with E-state index in [0.717, 1.165) is 19.4 Å². The van der Waals surface area contributed by atoms with E-state index in [0.29, 0.717) is 13.2 Å². The van der Waals surface area contributed by atoms with Crippen LogP contribution in [0.4, 0.5) is 0 Å². The van der Waals surface area contributed by atoms with Gasteiger partial charge in [-0.05, 0) is 12.8 Å². The van der Waals surface area contributed by atoms with Gasteiger partial charge in [0.25, 0.3) is 0 Å². The fourth-order valence-electron chi connectivity index (χ4n) is 1.52. The Labute approximate surface area is 106 Å². The second-order valence-corrected chi connectivity index (χ2v) is 6.23. The molecule has 0 saturated carbocycles. The summed E-state index contributed by atoms with van der Waals surface area (Å²) in [5.74, 6) is 0. The lowest BCUT2D eigenvalue weighted by atomic mass is 10.1. The Kier molecular flexibility index (Phi) is 10.9. The fraction of sp³-hybridized carbons (Fsp3) is 1.00. The normalized spacial score (nSPS) is 11.9. The van der Waals surface area contributed by atoms with Gasteiger partial charge in [-0.3, -0.25) is 0 Å². The third-order valence-electron chi connectivity index (χ3n) is 2.47. The average molecular weight is 265 g/mol. The van der Waals surface area contributed by atoms with E-state index in [2.05, 4.69) is 11.6 Å². The average Bonchev–Trinajstić information content (AvgIpc) is 2.24. The number of ether oxygens (including phenoxy) is 1. The minimum Gasteiger partial charge on any atom is -0.381 e. The first-order valence-electron chi connectivity index (χ1n) is 6.58. The van der Waals surface area contributed by atoms with E-state index in [1.54, 1.807) is 0 Å². The number of hydrogen-bond donors (Lipinski definition) is 1. The highest BCUT2D eigenvalue weighted by Crippen LogP contribution is 2.04. The number of unbranched alkanes of at least 4 members (excludes halogenated alkanes) is 5. The highest BCUT2D eigenvalue weighted by Gasteiger charge is 1.98. The molecule has 0 saturated heterocycles. The number of nitrogens with one attached hydrogen (secondary N) is 1. The molecule has 0 aromatic heterocycles. The van der Waals surface area contributed by atoms with E-state index in [4.69, 9.17) is 4.74 Å². The van der Waals surface area contributed by atoms with Crippen LogP contribution < -0.4 is 4.72 Å². The SMILES string of the molecule is CCCCCCCCOCCCNS(C)(=O)=O. The smallest absolute Gasteiger partial charge is 0.208 e. The van der Waals surface area contributed by atoms with Crippen molar-refractivity contribution in [3.05, 3.63) is 0 Å². The van der Waals surface area contributed by atoms with Crippen LogP contribution >= 0.6 is 0 Å². The van der Waals surface area contributed by atoms with Crippen molar-refractivity contribution in [2.75, 3.05) is 26.0 Å². The largest absolute Gasteiger partial charge is 0.381 e. The summed E-state index contributed by atoms with van der Waals surface area (Å²) in [5.41, 5.74) is 0. The highest BCUT2D eigenvalue weighted by molar-refractivity contribution is 7.88. The maximum absolute atomic E-state index is 10.7. The topological polar surface area (TPSA) is 55.4 Å². The first-order valence-corrected chi connectivity index (χ1v) is 8.48. The standard InChI is InChI=1S/C12H27NO3S/c1-3-4-5-6-7-8-11-16-12-9-10-13-17(2,14)15/h13H,3-12H2,1-2H3. The van der Waals surface area contributed by atoms with Crippen LogP contribution in [0.25, 0.3) is 0 Å². The summed E-state index contributed by atoms with van der Waals surface area (Å²) in [6.07, 6.45) is 9.50. The van der Waals surface area contributed by atoms with Crippen LogP contribution in [0, 0.1) is 0 Å². The van der Waals surface area contributed by atoms with Gasteiger partial charge in [0.05, 0.1) is 6.26 Å². The van der Waals surface area contributed by atoms with Crippen molar-refractivity contribution in [2.45, 2.75) is 51.9 Å². The van der Waals surface area contributed by atoms with E-state index in [1.165, 1.54) is 38.4 Å². The third kappa shape index (κ3) is 15.9. The van der Waals surface area contributed by atoms with Crippen molar-refractivity contribution in [2.24, 2.45) is 0 Å². The van der Waals surface area contributed by atoms with Crippen molar-refractivity contribution in [3.63, 3.8) is 0 Å². The maximum atomic E-state index is 10.7. The van der Waals surface area contributed by atoms with Crippen molar-refractivity contribution in [1.29, 1.82) is 0 Å². The second-order valence-electron chi connectivity index (χ2n) is 4.40. The van der Waals surface area contributed by atoms with Crippen LogP contribution in [0.1, 0.15) is 51.9 Å². The van der Waals surface area contributed by atoms with E-state index in [1.807, 2.05) is 0 Å². The van der Waals surface area contributed by atoms with Gasteiger partial charge < -0.3 is 4.74 Å². The summed E-state index contributed by atoms with van der Waals surface area (Å²) in [5, 5.41) is 0. The third-order valence-corrected chi connectivity index (χ3v) is 3.20. The van der Waals surface area contributed by atoms with Crippen molar-refractivity contribution in [3.8, 4) is 0 Å². The Balaban J connectivity index is 3.04. The van der Waals surface area contributed by atoms with E-state index < -0.39 is 10.0 Å². The zero-order valence-corrected chi connectivity index (χ0v) is 12.0. The molecule has 0 bridgehead atoms. The van der Waals surface area contributed by atoms with Crippen LogP contribution in [0.2, 0.25) is 0 Å². The molecular weight excluding hydrogens is 238 g/mol. The molecule has 0 rings (SSSR count). The number of sulfonamides is 1. The van der Waals surface area contributed by atoms with Gasteiger partial charge in [-0.15, -0.1) is 0 Å². The minimum absolute atomic E-state index is 0.468. The lowest BCUT2D eigenvalue weighted by molar-refractivity contribution is 0.128. The van der Waals surface area contributed by atoms with Gasteiger partial charge in [-0.1, -0.05) is 39.0 Å². The summed E-state index contributed by atoms with van der Waals surface area (Å²) in [4.78, 5) is 0. The molecule has 0 aliphatic rings. The lowest BCUT2D eigenvalue weighted by Crippen LogP contribution is -2.23. The molecule has 0 radical (unpaired) electrons. The molecule has 0 heterocycles. The van der Waals surface area contributed by atoms with Gasteiger partial charge in [0.1, 0.15) is 0 Å². The Hall–Kier alpha value is -0.130. The van der Waals surface area contributed by atoms with Gasteiger partial charge in [0, 0.05) is 19.8 Å². The predicted molar refractivity (Wildman–Crippen MR) is 71.7 cm³/mol. The van der Waals surface area contributed by atoms with Gasteiger partial charge in [-0.2, -0.15) is 0 Å². The Morgan fingerprint density at radius 2 is 1.53 bits per heavy atom. The molecular formula is C12H27NO3S. The molecule has 104 valence electrons. The monoisotopic (exact) mass is 265 g/mol. The summed E-state index contributed by atoms with van der Waals surface area (Å²) >= 11 is 0. The summed E-state index contributed by atoms with van der Waals surface area (Å²) in [6.45, 7) is 4.12. The minimum atomic E-state index is -3.04. The van der Waals surface area contributed by atoms with Crippen molar-refractivity contribution >= 4 is 10.0 Å². The van der Waals surface area contributed by atoms with E-state index in [-0.39, 0.29) is 0 Å². The van der Waals surface area contributed by atoms with Gasteiger partial charge in [0.2, 0.25) is 10.0 Å². The zero-order valence-electron chi connectivity index (χ0n) is 11.2. The second kappa shape index (κ2) is 11.0. The summed E-state index contributed by atoms with van der Waals surface area (Å²) < 4.78 is 29.3. The van der Waals surface area contributed by atoms with Crippen LogP contribution in [-0.4, -0.2) is 34.4 Å². The van der Waals surface area contributed by atoms with E-state index >= 15 is 0 Å². The van der Waals surface area contributed by atoms with Crippen molar-refractivity contribution in [1.82, 2.24) is 4.72 Å². The van der Waals surface area contributed by atoms with Crippen LogP contribution in [0.5, 0.6) is 0 Å². The van der Waals surface area contributed by atoms with Crippen LogP contribution in [0.15, 0.2) is 0 Å². The van der Waals surface area contributed by atoms with Gasteiger partial charge in [0.15, 0.2) is 0 Å². The molecule has 4 nitrogen and oxygen atoms in total. The summed E-state index contributed by atoms with van der Waals surface area (Å²) in [7, 11) is -3.04. The van der Waals surface area contributed by atoms with Crippen LogP contribution in [0.3, 0.4) is 0 Å². The highest BCUT2D eigenvalue weighted by atomic mass is 32.2. The molecule has 1 N–H and O–H groups in total. The van der Waals surface area contributed by atoms with Crippen molar-refractivity contribution < 1.29 is 13.2 Å². The molecule has 5 heteroatoms. The quantitative estimate of drug-likeness (QED) is 0.551. The Bertz CT molecular complexity index is 252. The first-order chi connectivity index (χ1) is 8.06. The zero-order chi connectivity index (χ0) is 13.0. The molecule has 0 spiro atoms. The maximum Gasteiger partial charge on any atom is 0.208 e. The van der Waals surface area contributed by atoms with E-state index in [9.17, 15) is 8.42 Å². The molecule has 0 unspecified atom stereocenters. The summed E-state index contributed by atoms with van der Waals surface area (Å²) in [6, 6.07) is 0. The molecule has 0 atom stereocenters.